The van der Waals surface area contributed by atoms with E-state index >= 15 is 0 Å². The molecular weight excluding hydrogens is 264 g/mol. The summed E-state index contributed by atoms with van der Waals surface area (Å²) in [7, 11) is 0. The topological polar surface area (TPSA) is 72.2 Å². The minimum Gasteiger partial charge on any atom is -0.382 e. The highest BCUT2D eigenvalue weighted by atomic mass is 35.5. The number of amides is 1. The molecule has 0 bridgehead atoms. The summed E-state index contributed by atoms with van der Waals surface area (Å²) in [5, 5.41) is 2.66. The average molecular weight is 283 g/mol. The first-order valence-electron chi connectivity index (χ1n) is 6.30. The molecule has 19 heavy (non-hydrogen) atoms. The Kier molecular flexibility index (Phi) is 6.36. The largest absolute Gasteiger partial charge is 0.382 e. The van der Waals surface area contributed by atoms with Gasteiger partial charge in [0.15, 0.2) is 0 Å². The zero-order valence-electron chi connectivity index (χ0n) is 11.0. The SMILES string of the molecule is Cc1cc(NC2CCCC2)ccc1C=O.NC(=O)Cl. The van der Waals surface area contributed by atoms with E-state index in [0.717, 1.165) is 23.1 Å². The van der Waals surface area contributed by atoms with Gasteiger partial charge in [-0.2, -0.15) is 0 Å². The normalized spacial score (nSPS) is 14.4. The number of aldehydes is 1. The number of halogens is 1. The van der Waals surface area contributed by atoms with Crippen LogP contribution in [0.2, 0.25) is 0 Å². The van der Waals surface area contributed by atoms with Crippen LogP contribution in [0, 0.1) is 6.92 Å². The molecule has 0 heterocycles. The molecule has 1 amide bonds. The molecule has 0 aromatic heterocycles. The van der Waals surface area contributed by atoms with Crippen LogP contribution in [0.1, 0.15) is 41.6 Å². The van der Waals surface area contributed by atoms with Crippen molar-refractivity contribution < 1.29 is 9.59 Å². The molecule has 1 fully saturated rings. The van der Waals surface area contributed by atoms with Gasteiger partial charge in [-0.3, -0.25) is 9.59 Å². The van der Waals surface area contributed by atoms with E-state index in [9.17, 15) is 4.79 Å². The molecule has 0 spiro atoms. The Labute approximate surface area is 118 Å². The van der Waals surface area contributed by atoms with Gasteiger partial charge >= 0.3 is 5.37 Å². The summed E-state index contributed by atoms with van der Waals surface area (Å²) >= 11 is 4.41. The first-order chi connectivity index (χ1) is 9.02. The standard InChI is InChI=1S/C13H17NO.CH2ClNO/c1-10-8-13(7-6-11(10)9-15)14-12-4-2-3-5-12;2-1(3)4/h6-9,12,14H,2-5H2,1H3;(H2,3,4). The van der Waals surface area contributed by atoms with Gasteiger partial charge < -0.3 is 11.1 Å². The maximum atomic E-state index is 10.7. The molecule has 5 heteroatoms. The molecule has 1 aliphatic rings. The second-order valence-electron chi connectivity index (χ2n) is 4.62. The quantitative estimate of drug-likeness (QED) is 0.506. The summed E-state index contributed by atoms with van der Waals surface area (Å²) in [6.07, 6.45) is 6.13. The summed E-state index contributed by atoms with van der Waals surface area (Å²) in [6, 6.07) is 6.57. The predicted molar refractivity (Wildman–Crippen MR) is 77.9 cm³/mol. The lowest BCUT2D eigenvalue weighted by Gasteiger charge is -2.14. The van der Waals surface area contributed by atoms with Gasteiger partial charge in [0.1, 0.15) is 6.29 Å². The van der Waals surface area contributed by atoms with Gasteiger partial charge in [-0.15, -0.1) is 0 Å². The number of carbonyl (C=O) groups excluding carboxylic acids is 2. The minimum atomic E-state index is -0.861. The van der Waals surface area contributed by atoms with Crippen molar-refractivity contribution in [2.45, 2.75) is 38.6 Å². The van der Waals surface area contributed by atoms with Crippen LogP contribution in [0.25, 0.3) is 0 Å². The van der Waals surface area contributed by atoms with Crippen LogP contribution in [0.3, 0.4) is 0 Å². The zero-order chi connectivity index (χ0) is 14.3. The number of rotatable bonds is 3. The van der Waals surface area contributed by atoms with Gasteiger partial charge in [0.25, 0.3) is 0 Å². The summed E-state index contributed by atoms with van der Waals surface area (Å²) in [5.41, 5.74) is 7.21. The highest BCUT2D eigenvalue weighted by Crippen LogP contribution is 2.23. The third-order valence-electron chi connectivity index (χ3n) is 3.12. The molecule has 104 valence electrons. The number of nitrogens with two attached hydrogens (primary N) is 1. The minimum absolute atomic E-state index is 0.631. The lowest BCUT2D eigenvalue weighted by molar-refractivity contribution is 0.112. The van der Waals surface area contributed by atoms with E-state index in [2.05, 4.69) is 28.7 Å². The van der Waals surface area contributed by atoms with Crippen molar-refractivity contribution in [1.29, 1.82) is 0 Å². The number of nitrogens with one attached hydrogen (secondary N) is 1. The number of benzene rings is 1. The van der Waals surface area contributed by atoms with Crippen molar-refractivity contribution in [2.75, 3.05) is 5.32 Å². The Morgan fingerprint density at radius 3 is 2.47 bits per heavy atom. The van der Waals surface area contributed by atoms with Gasteiger partial charge in [0.05, 0.1) is 0 Å². The molecule has 4 nitrogen and oxygen atoms in total. The molecule has 1 aliphatic carbocycles. The molecule has 0 atom stereocenters. The fraction of sp³-hybridized carbons (Fsp3) is 0.429. The number of carbonyl (C=O) groups is 2. The predicted octanol–water partition coefficient (Wildman–Crippen LogP) is 3.47. The first-order valence-corrected chi connectivity index (χ1v) is 6.68. The Bertz CT molecular complexity index is 439. The van der Waals surface area contributed by atoms with E-state index in [0.29, 0.717) is 6.04 Å². The average Bonchev–Trinajstić information content (AvgIpc) is 2.81. The van der Waals surface area contributed by atoms with Crippen LogP contribution in [0.15, 0.2) is 18.2 Å². The van der Waals surface area contributed by atoms with Crippen molar-refractivity contribution in [3.63, 3.8) is 0 Å². The highest BCUT2D eigenvalue weighted by molar-refractivity contribution is 6.62. The molecule has 0 radical (unpaired) electrons. The lowest BCUT2D eigenvalue weighted by atomic mass is 10.1. The van der Waals surface area contributed by atoms with Gasteiger partial charge in [0.2, 0.25) is 0 Å². The third-order valence-corrected chi connectivity index (χ3v) is 3.12. The van der Waals surface area contributed by atoms with Crippen LogP contribution in [-0.2, 0) is 0 Å². The number of hydrogen-bond acceptors (Lipinski definition) is 3. The van der Waals surface area contributed by atoms with Crippen LogP contribution in [0.4, 0.5) is 10.5 Å². The van der Waals surface area contributed by atoms with Crippen LogP contribution in [0.5, 0.6) is 0 Å². The molecule has 2 rings (SSSR count). The molecule has 1 saturated carbocycles. The van der Waals surface area contributed by atoms with Crippen molar-refractivity contribution >= 4 is 28.9 Å². The van der Waals surface area contributed by atoms with Crippen molar-refractivity contribution in [2.24, 2.45) is 5.73 Å². The van der Waals surface area contributed by atoms with Crippen molar-refractivity contribution in [3.05, 3.63) is 29.3 Å². The second-order valence-corrected chi connectivity index (χ2v) is 4.99. The molecule has 0 saturated heterocycles. The van der Waals surface area contributed by atoms with Crippen molar-refractivity contribution in [1.82, 2.24) is 0 Å². The summed E-state index contributed by atoms with van der Waals surface area (Å²) in [5.74, 6) is 0. The summed E-state index contributed by atoms with van der Waals surface area (Å²) in [4.78, 5) is 19.7. The van der Waals surface area contributed by atoms with E-state index in [1.807, 2.05) is 19.1 Å². The van der Waals surface area contributed by atoms with Crippen LogP contribution >= 0.6 is 11.6 Å². The van der Waals surface area contributed by atoms with Gasteiger partial charge in [-0.1, -0.05) is 12.8 Å². The Hall–Kier alpha value is -1.55. The summed E-state index contributed by atoms with van der Waals surface area (Å²) < 4.78 is 0. The molecule has 0 unspecified atom stereocenters. The fourth-order valence-corrected chi connectivity index (χ4v) is 2.20. The number of aryl methyl sites for hydroxylation is 1. The van der Waals surface area contributed by atoms with E-state index in [4.69, 9.17) is 4.79 Å². The third kappa shape index (κ3) is 5.75. The van der Waals surface area contributed by atoms with E-state index in [1.165, 1.54) is 25.7 Å². The Morgan fingerprint density at radius 2 is 2.00 bits per heavy atom. The van der Waals surface area contributed by atoms with Gasteiger partial charge in [-0.05, 0) is 55.1 Å². The Balaban J connectivity index is 0.000000399. The molecule has 0 aliphatic heterocycles. The number of primary amides is 1. The van der Waals surface area contributed by atoms with Crippen LogP contribution in [-0.4, -0.2) is 17.7 Å². The van der Waals surface area contributed by atoms with E-state index in [1.54, 1.807) is 0 Å². The van der Waals surface area contributed by atoms with Gasteiger partial charge in [0, 0.05) is 17.3 Å². The molecule has 3 N–H and O–H groups in total. The smallest absolute Gasteiger partial charge is 0.311 e. The maximum absolute atomic E-state index is 10.7. The van der Waals surface area contributed by atoms with E-state index < -0.39 is 5.37 Å². The number of anilines is 1. The molecule has 1 aromatic carbocycles. The highest BCUT2D eigenvalue weighted by Gasteiger charge is 2.14. The number of hydrogen-bond donors (Lipinski definition) is 2. The maximum Gasteiger partial charge on any atom is 0.311 e. The zero-order valence-corrected chi connectivity index (χ0v) is 11.7. The van der Waals surface area contributed by atoms with Crippen LogP contribution < -0.4 is 11.1 Å². The van der Waals surface area contributed by atoms with E-state index in [-0.39, 0.29) is 0 Å². The molecular formula is C14H19ClN2O2. The second kappa shape index (κ2) is 7.79. The summed E-state index contributed by atoms with van der Waals surface area (Å²) in [6.45, 7) is 1.98. The van der Waals surface area contributed by atoms with Gasteiger partial charge in [-0.25, -0.2) is 0 Å². The lowest BCUT2D eigenvalue weighted by Crippen LogP contribution is -2.14. The monoisotopic (exact) mass is 282 g/mol. The first kappa shape index (κ1) is 15.5. The molecule has 1 aromatic rings. The van der Waals surface area contributed by atoms with Crippen molar-refractivity contribution in [3.8, 4) is 0 Å². The fourth-order valence-electron chi connectivity index (χ4n) is 2.20. The Morgan fingerprint density at radius 1 is 1.42 bits per heavy atom.